The average molecular weight is 521 g/mol. The Kier molecular flexibility index (Phi) is 8.45. The first-order valence-corrected chi connectivity index (χ1v) is 11.5. The van der Waals surface area contributed by atoms with Gasteiger partial charge in [0.15, 0.2) is 0 Å². The molecule has 4 aromatic rings. The number of benzene rings is 4. The molecule has 0 aliphatic heterocycles. The number of amides is 4. The van der Waals surface area contributed by atoms with E-state index >= 15 is 0 Å². The molecule has 38 heavy (non-hydrogen) atoms. The van der Waals surface area contributed by atoms with Gasteiger partial charge in [-0.25, -0.2) is 22.8 Å². The molecular formula is C28H23F3N4O3. The number of hydrogen-bond acceptors (Lipinski definition) is 3. The van der Waals surface area contributed by atoms with E-state index in [4.69, 9.17) is 4.74 Å². The summed E-state index contributed by atoms with van der Waals surface area (Å²) in [5.74, 6) is -1.13. The number of urea groups is 2. The van der Waals surface area contributed by atoms with Crippen LogP contribution in [0.5, 0.6) is 11.5 Å². The molecule has 7 nitrogen and oxygen atoms in total. The highest BCUT2D eigenvalue weighted by Gasteiger charge is 2.18. The second-order valence-electron chi connectivity index (χ2n) is 7.98. The van der Waals surface area contributed by atoms with Crippen molar-refractivity contribution in [2.24, 2.45) is 0 Å². The van der Waals surface area contributed by atoms with Gasteiger partial charge < -0.3 is 20.7 Å². The molecule has 0 aromatic heterocycles. The highest BCUT2D eigenvalue weighted by molar-refractivity contribution is 6.02. The lowest BCUT2D eigenvalue weighted by Gasteiger charge is -2.24. The van der Waals surface area contributed by atoms with Crippen LogP contribution in [0.15, 0.2) is 97.1 Å². The minimum absolute atomic E-state index is 0.0102. The quantitative estimate of drug-likeness (QED) is 0.240. The zero-order valence-electron chi connectivity index (χ0n) is 20.0. The minimum atomic E-state index is -0.927. The van der Waals surface area contributed by atoms with E-state index in [1.807, 2.05) is 18.2 Å². The molecule has 0 atom stereocenters. The van der Waals surface area contributed by atoms with E-state index < -0.39 is 29.5 Å². The van der Waals surface area contributed by atoms with Gasteiger partial charge in [0.05, 0.1) is 11.4 Å². The maximum Gasteiger partial charge on any atom is 0.326 e. The smallest absolute Gasteiger partial charge is 0.326 e. The van der Waals surface area contributed by atoms with Crippen LogP contribution in [0.3, 0.4) is 0 Å². The van der Waals surface area contributed by atoms with Gasteiger partial charge in [0.1, 0.15) is 29.0 Å². The molecule has 3 N–H and O–H groups in total. The number of para-hydroxylation sites is 2. The van der Waals surface area contributed by atoms with Crippen molar-refractivity contribution in [3.05, 3.63) is 115 Å². The molecule has 0 spiro atoms. The standard InChI is InChI=1S/C28H23F3N4O3/c29-19-10-15-26(24(31)18-19)33-27(36)32-16-17-35(28(37)34-25-9-5-4-8-23(25)30)20-11-13-22(14-12-20)38-21-6-2-1-3-7-21/h1-15,18H,16-17H2,(H,34,37)(H2,32,33,36). The molecule has 4 rings (SSSR count). The lowest BCUT2D eigenvalue weighted by atomic mass is 10.2. The molecule has 0 bridgehead atoms. The Morgan fingerprint density at radius 3 is 2.08 bits per heavy atom. The van der Waals surface area contributed by atoms with Crippen molar-refractivity contribution in [1.29, 1.82) is 0 Å². The molecule has 0 aliphatic rings. The van der Waals surface area contributed by atoms with Gasteiger partial charge in [-0.3, -0.25) is 4.90 Å². The maximum absolute atomic E-state index is 14.1. The van der Waals surface area contributed by atoms with Crippen LogP contribution < -0.4 is 25.6 Å². The van der Waals surface area contributed by atoms with Gasteiger partial charge in [0.2, 0.25) is 0 Å². The zero-order valence-corrected chi connectivity index (χ0v) is 20.0. The van der Waals surface area contributed by atoms with E-state index in [1.165, 1.54) is 23.1 Å². The molecule has 10 heteroatoms. The number of nitrogens with one attached hydrogen (secondary N) is 3. The van der Waals surface area contributed by atoms with E-state index in [0.717, 1.165) is 12.1 Å². The monoisotopic (exact) mass is 520 g/mol. The van der Waals surface area contributed by atoms with Crippen molar-refractivity contribution < 1.29 is 27.5 Å². The molecule has 4 amide bonds. The summed E-state index contributed by atoms with van der Waals surface area (Å²) in [6, 6.07) is 22.9. The number of nitrogens with zero attached hydrogens (tertiary/aromatic N) is 1. The Bertz CT molecular complexity index is 1400. The Morgan fingerprint density at radius 2 is 1.37 bits per heavy atom. The number of anilines is 3. The van der Waals surface area contributed by atoms with Crippen LogP contribution in [0.1, 0.15) is 0 Å². The van der Waals surface area contributed by atoms with Crippen LogP contribution in [0.25, 0.3) is 0 Å². The molecule has 4 aromatic carbocycles. The molecular weight excluding hydrogens is 497 g/mol. The summed E-state index contributed by atoms with van der Waals surface area (Å²) in [4.78, 5) is 26.6. The van der Waals surface area contributed by atoms with Crippen LogP contribution >= 0.6 is 0 Å². The van der Waals surface area contributed by atoms with Gasteiger partial charge in [-0.15, -0.1) is 0 Å². The van der Waals surface area contributed by atoms with Gasteiger partial charge in [0, 0.05) is 24.8 Å². The highest BCUT2D eigenvalue weighted by Crippen LogP contribution is 2.25. The second kappa shape index (κ2) is 12.3. The summed E-state index contributed by atoms with van der Waals surface area (Å²) < 4.78 is 46.8. The Hall–Kier alpha value is -4.99. The summed E-state index contributed by atoms with van der Waals surface area (Å²) in [5.41, 5.74) is 0.238. The normalized spacial score (nSPS) is 10.4. The Morgan fingerprint density at radius 1 is 0.711 bits per heavy atom. The molecule has 0 aliphatic carbocycles. The number of carbonyl (C=O) groups excluding carboxylic acids is 2. The van der Waals surface area contributed by atoms with Gasteiger partial charge in [-0.2, -0.15) is 0 Å². The number of carbonyl (C=O) groups is 2. The predicted octanol–water partition coefficient (Wildman–Crippen LogP) is 6.76. The topological polar surface area (TPSA) is 82.7 Å². The van der Waals surface area contributed by atoms with Crippen LogP contribution in [0.4, 0.5) is 39.8 Å². The van der Waals surface area contributed by atoms with E-state index in [2.05, 4.69) is 16.0 Å². The maximum atomic E-state index is 14.1. The first kappa shape index (κ1) is 26.1. The summed E-state index contributed by atoms with van der Waals surface area (Å²) >= 11 is 0. The highest BCUT2D eigenvalue weighted by atomic mass is 19.1. The summed E-state index contributed by atoms with van der Waals surface area (Å²) in [7, 11) is 0. The Balaban J connectivity index is 1.44. The van der Waals surface area contributed by atoms with Crippen molar-refractivity contribution in [2.75, 3.05) is 28.6 Å². The average Bonchev–Trinajstić information content (AvgIpc) is 2.91. The first-order chi connectivity index (χ1) is 18.4. The SMILES string of the molecule is O=C(NCCN(C(=O)Nc1ccccc1F)c1ccc(Oc2ccccc2)cc1)Nc1ccc(F)cc1F. The van der Waals surface area contributed by atoms with Gasteiger partial charge in [-0.05, 0) is 60.7 Å². The molecule has 0 heterocycles. The minimum Gasteiger partial charge on any atom is -0.457 e. The van der Waals surface area contributed by atoms with Crippen LogP contribution in [-0.2, 0) is 0 Å². The van der Waals surface area contributed by atoms with Crippen molar-refractivity contribution >= 4 is 29.1 Å². The van der Waals surface area contributed by atoms with E-state index in [1.54, 1.807) is 42.5 Å². The predicted molar refractivity (Wildman–Crippen MR) is 139 cm³/mol. The lowest BCUT2D eigenvalue weighted by molar-refractivity contribution is 0.250. The third-order valence-corrected chi connectivity index (χ3v) is 5.29. The number of halogens is 3. The molecule has 0 unspecified atom stereocenters. The first-order valence-electron chi connectivity index (χ1n) is 11.5. The summed E-state index contributed by atoms with van der Waals surface area (Å²) in [6.07, 6.45) is 0. The molecule has 194 valence electrons. The van der Waals surface area contributed by atoms with E-state index in [-0.39, 0.29) is 24.5 Å². The van der Waals surface area contributed by atoms with E-state index in [9.17, 15) is 22.8 Å². The largest absolute Gasteiger partial charge is 0.457 e. The van der Waals surface area contributed by atoms with Crippen LogP contribution in [0, 0.1) is 17.5 Å². The lowest BCUT2D eigenvalue weighted by Crippen LogP contribution is -2.42. The van der Waals surface area contributed by atoms with Crippen molar-refractivity contribution in [3.63, 3.8) is 0 Å². The number of ether oxygens (including phenoxy) is 1. The Labute approximate surface area is 216 Å². The molecule has 0 saturated carbocycles. The number of hydrogen-bond donors (Lipinski definition) is 3. The van der Waals surface area contributed by atoms with Gasteiger partial charge in [0.25, 0.3) is 0 Å². The van der Waals surface area contributed by atoms with Gasteiger partial charge >= 0.3 is 12.1 Å². The summed E-state index contributed by atoms with van der Waals surface area (Å²) in [5, 5.41) is 7.32. The van der Waals surface area contributed by atoms with Gasteiger partial charge in [-0.1, -0.05) is 30.3 Å². The molecule has 0 fully saturated rings. The molecule has 0 radical (unpaired) electrons. The fourth-order valence-corrected chi connectivity index (χ4v) is 3.45. The second-order valence-corrected chi connectivity index (χ2v) is 7.98. The van der Waals surface area contributed by atoms with Crippen molar-refractivity contribution in [3.8, 4) is 11.5 Å². The third kappa shape index (κ3) is 7.03. The van der Waals surface area contributed by atoms with Crippen molar-refractivity contribution in [1.82, 2.24) is 5.32 Å². The van der Waals surface area contributed by atoms with Crippen molar-refractivity contribution in [2.45, 2.75) is 0 Å². The fraction of sp³-hybridized carbons (Fsp3) is 0.0714. The fourth-order valence-electron chi connectivity index (χ4n) is 3.45. The summed E-state index contributed by atoms with van der Waals surface area (Å²) in [6.45, 7) is -0.0555. The molecule has 0 saturated heterocycles. The van der Waals surface area contributed by atoms with E-state index in [0.29, 0.717) is 23.3 Å². The zero-order chi connectivity index (χ0) is 26.9. The third-order valence-electron chi connectivity index (χ3n) is 5.29. The number of rotatable bonds is 8. The van der Waals surface area contributed by atoms with Crippen LogP contribution in [-0.4, -0.2) is 25.2 Å². The van der Waals surface area contributed by atoms with Crippen LogP contribution in [0.2, 0.25) is 0 Å².